The first-order chi connectivity index (χ1) is 13.6. The average molecular weight is 398 g/mol. The second kappa shape index (κ2) is 8.10. The van der Waals surface area contributed by atoms with Crippen LogP contribution in [0, 0.1) is 0 Å². The van der Waals surface area contributed by atoms with Gasteiger partial charge in [-0.2, -0.15) is 0 Å². The van der Waals surface area contributed by atoms with Crippen LogP contribution in [0.1, 0.15) is 16.1 Å². The van der Waals surface area contributed by atoms with Gasteiger partial charge in [-0.15, -0.1) is 0 Å². The van der Waals surface area contributed by atoms with Gasteiger partial charge in [0.2, 0.25) is 0 Å². The van der Waals surface area contributed by atoms with Gasteiger partial charge in [0.1, 0.15) is 5.75 Å². The van der Waals surface area contributed by atoms with E-state index in [9.17, 15) is 9.90 Å². The predicted molar refractivity (Wildman–Crippen MR) is 109 cm³/mol. The van der Waals surface area contributed by atoms with Crippen LogP contribution in [0.4, 0.5) is 5.69 Å². The minimum atomic E-state index is -0.443. The van der Waals surface area contributed by atoms with Crippen LogP contribution in [0.2, 0.25) is 5.15 Å². The molecule has 0 spiro atoms. The van der Waals surface area contributed by atoms with Crippen molar-refractivity contribution in [2.24, 2.45) is 0 Å². The van der Waals surface area contributed by atoms with E-state index >= 15 is 0 Å². The van der Waals surface area contributed by atoms with Crippen molar-refractivity contribution < 1.29 is 9.90 Å². The summed E-state index contributed by atoms with van der Waals surface area (Å²) in [5.41, 5.74) is 2.63. The third-order valence-corrected chi connectivity index (χ3v) is 4.95. The fraction of sp³-hybridized carbons (Fsp3) is 0.250. The fourth-order valence-corrected chi connectivity index (χ4v) is 3.43. The van der Waals surface area contributed by atoms with E-state index in [1.807, 2.05) is 12.1 Å². The molecule has 2 aromatic carbocycles. The van der Waals surface area contributed by atoms with Crippen LogP contribution in [-0.2, 0) is 6.54 Å². The van der Waals surface area contributed by atoms with Gasteiger partial charge >= 0.3 is 0 Å². The Bertz CT molecular complexity index is 1020. The molecule has 4 rings (SSSR count). The Balaban J connectivity index is 1.54. The lowest BCUT2D eigenvalue weighted by Gasteiger charge is -2.27. The number of fused-ring (bicyclic) bond motifs is 1. The molecule has 7 nitrogen and oxygen atoms in total. The average Bonchev–Trinajstić information content (AvgIpc) is 2.70. The highest BCUT2D eigenvalue weighted by atomic mass is 35.5. The number of phenolic OH excluding ortho intramolecular Hbond substituents is 1. The number of carbonyl (C=O) groups excluding carboxylic acids is 1. The van der Waals surface area contributed by atoms with Gasteiger partial charge in [0.25, 0.3) is 5.91 Å². The fourth-order valence-electron chi connectivity index (χ4n) is 3.21. The van der Waals surface area contributed by atoms with E-state index in [1.165, 1.54) is 0 Å². The largest absolute Gasteiger partial charge is 0.508 e. The van der Waals surface area contributed by atoms with Gasteiger partial charge in [-0.1, -0.05) is 23.7 Å². The lowest BCUT2D eigenvalue weighted by atomic mass is 10.1. The first kappa shape index (κ1) is 18.6. The van der Waals surface area contributed by atoms with Crippen molar-refractivity contribution in [2.75, 3.05) is 31.5 Å². The molecule has 0 radical (unpaired) electrons. The second-order valence-electron chi connectivity index (χ2n) is 6.68. The molecule has 1 aliphatic rings. The Morgan fingerprint density at radius 2 is 1.86 bits per heavy atom. The van der Waals surface area contributed by atoms with Crippen LogP contribution in [-0.4, -0.2) is 52.1 Å². The maximum absolute atomic E-state index is 12.7. The van der Waals surface area contributed by atoms with Gasteiger partial charge in [-0.05, 0) is 30.3 Å². The molecule has 1 amide bonds. The number of amides is 1. The van der Waals surface area contributed by atoms with Gasteiger partial charge in [-0.25, -0.2) is 9.97 Å². The topological polar surface area (TPSA) is 90.4 Å². The number of carbonyl (C=O) groups is 1. The van der Waals surface area contributed by atoms with Crippen LogP contribution < -0.4 is 10.6 Å². The van der Waals surface area contributed by atoms with E-state index in [0.29, 0.717) is 23.3 Å². The SMILES string of the molecule is O=C(Nc1ccc(O)c(CN2CCNCC2)c1)c1nc2ccccc2nc1Cl. The van der Waals surface area contributed by atoms with Crippen molar-refractivity contribution in [3.05, 3.63) is 58.9 Å². The molecule has 0 unspecified atom stereocenters. The number of aromatic nitrogens is 2. The molecule has 0 bridgehead atoms. The number of nitrogens with one attached hydrogen (secondary N) is 2. The van der Waals surface area contributed by atoms with Crippen molar-refractivity contribution in [3.8, 4) is 5.75 Å². The maximum Gasteiger partial charge on any atom is 0.277 e. The normalized spacial score (nSPS) is 14.9. The number of para-hydroxylation sites is 2. The third-order valence-electron chi connectivity index (χ3n) is 4.68. The molecule has 1 aromatic heterocycles. The number of nitrogens with zero attached hydrogens (tertiary/aromatic N) is 3. The lowest BCUT2D eigenvalue weighted by Crippen LogP contribution is -2.42. The molecule has 0 aliphatic carbocycles. The van der Waals surface area contributed by atoms with E-state index in [4.69, 9.17) is 11.6 Å². The first-order valence-corrected chi connectivity index (χ1v) is 9.46. The number of phenols is 1. The number of rotatable bonds is 4. The molecule has 1 saturated heterocycles. The molecule has 8 heteroatoms. The Morgan fingerprint density at radius 3 is 2.61 bits per heavy atom. The Labute approximate surface area is 167 Å². The molecule has 1 aliphatic heterocycles. The van der Waals surface area contributed by atoms with Crippen molar-refractivity contribution in [1.29, 1.82) is 0 Å². The zero-order chi connectivity index (χ0) is 19.5. The third kappa shape index (κ3) is 4.06. The van der Waals surface area contributed by atoms with Gasteiger partial charge in [0.15, 0.2) is 10.8 Å². The second-order valence-corrected chi connectivity index (χ2v) is 7.03. The monoisotopic (exact) mass is 397 g/mol. The van der Waals surface area contributed by atoms with E-state index in [0.717, 1.165) is 31.7 Å². The molecule has 2 heterocycles. The van der Waals surface area contributed by atoms with E-state index in [-0.39, 0.29) is 16.6 Å². The van der Waals surface area contributed by atoms with E-state index < -0.39 is 5.91 Å². The zero-order valence-electron chi connectivity index (χ0n) is 15.2. The maximum atomic E-state index is 12.7. The summed E-state index contributed by atoms with van der Waals surface area (Å²) in [5, 5.41) is 16.3. The van der Waals surface area contributed by atoms with Crippen LogP contribution in [0.5, 0.6) is 5.75 Å². The number of hydrogen-bond donors (Lipinski definition) is 3. The summed E-state index contributed by atoms with van der Waals surface area (Å²) in [7, 11) is 0. The molecule has 1 fully saturated rings. The minimum absolute atomic E-state index is 0.0519. The molecule has 3 aromatic rings. The Hall–Kier alpha value is -2.74. The predicted octanol–water partition coefficient (Wildman–Crippen LogP) is 2.65. The number of anilines is 1. The van der Waals surface area contributed by atoms with Crippen molar-refractivity contribution in [3.63, 3.8) is 0 Å². The van der Waals surface area contributed by atoms with Crippen LogP contribution >= 0.6 is 11.6 Å². The van der Waals surface area contributed by atoms with Crippen molar-refractivity contribution in [2.45, 2.75) is 6.54 Å². The molecule has 28 heavy (non-hydrogen) atoms. The minimum Gasteiger partial charge on any atom is -0.508 e. The summed E-state index contributed by atoms with van der Waals surface area (Å²) in [6.07, 6.45) is 0. The summed E-state index contributed by atoms with van der Waals surface area (Å²) in [6.45, 7) is 4.30. The van der Waals surface area contributed by atoms with Crippen LogP contribution in [0.25, 0.3) is 11.0 Å². The zero-order valence-corrected chi connectivity index (χ0v) is 15.9. The number of benzene rings is 2. The van der Waals surface area contributed by atoms with Crippen molar-refractivity contribution >= 4 is 34.2 Å². The first-order valence-electron chi connectivity index (χ1n) is 9.09. The van der Waals surface area contributed by atoms with Gasteiger partial charge in [0.05, 0.1) is 11.0 Å². The molecule has 0 atom stereocenters. The summed E-state index contributed by atoms with van der Waals surface area (Å²) in [4.78, 5) is 23.5. The molecule has 144 valence electrons. The Kier molecular flexibility index (Phi) is 5.38. The number of halogens is 1. The van der Waals surface area contributed by atoms with Gasteiger partial charge in [0, 0.05) is 44.0 Å². The van der Waals surface area contributed by atoms with Crippen molar-refractivity contribution in [1.82, 2.24) is 20.2 Å². The Morgan fingerprint density at radius 1 is 1.14 bits per heavy atom. The van der Waals surface area contributed by atoms with Crippen LogP contribution in [0.3, 0.4) is 0 Å². The molecule has 3 N–H and O–H groups in total. The molecular formula is C20H20ClN5O2. The van der Waals surface area contributed by atoms with Gasteiger partial charge in [-0.3, -0.25) is 9.69 Å². The summed E-state index contributed by atoms with van der Waals surface area (Å²) in [6, 6.07) is 12.2. The molecular weight excluding hydrogens is 378 g/mol. The van der Waals surface area contributed by atoms with Gasteiger partial charge < -0.3 is 15.7 Å². The number of aromatic hydroxyl groups is 1. The number of piperazine rings is 1. The highest BCUT2D eigenvalue weighted by Crippen LogP contribution is 2.24. The van der Waals surface area contributed by atoms with E-state index in [2.05, 4.69) is 25.5 Å². The standard InChI is InChI=1S/C20H20ClN5O2/c21-19-18(24-15-3-1-2-4-16(15)25-19)20(28)23-14-5-6-17(27)13(11-14)12-26-9-7-22-8-10-26/h1-6,11,22,27H,7-10,12H2,(H,23,28). The highest BCUT2D eigenvalue weighted by Gasteiger charge is 2.17. The lowest BCUT2D eigenvalue weighted by molar-refractivity contribution is 0.102. The highest BCUT2D eigenvalue weighted by molar-refractivity contribution is 6.33. The summed E-state index contributed by atoms with van der Waals surface area (Å²) >= 11 is 6.16. The quantitative estimate of drug-likeness (QED) is 0.586. The molecule has 0 saturated carbocycles. The summed E-state index contributed by atoms with van der Waals surface area (Å²) < 4.78 is 0. The van der Waals surface area contributed by atoms with E-state index in [1.54, 1.807) is 30.3 Å². The number of hydrogen-bond acceptors (Lipinski definition) is 6. The smallest absolute Gasteiger partial charge is 0.277 e. The summed E-state index contributed by atoms with van der Waals surface area (Å²) in [5.74, 6) is -0.234. The van der Waals surface area contributed by atoms with Crippen LogP contribution in [0.15, 0.2) is 42.5 Å².